The van der Waals surface area contributed by atoms with Crippen LogP contribution < -0.4 is 0 Å². The van der Waals surface area contributed by atoms with Crippen molar-refractivity contribution in [3.05, 3.63) is 11.8 Å². The summed E-state index contributed by atoms with van der Waals surface area (Å²) in [5.41, 5.74) is 1.000. The lowest BCUT2D eigenvalue weighted by Gasteiger charge is -2.15. The van der Waals surface area contributed by atoms with Gasteiger partial charge in [0.2, 0.25) is 0 Å². The summed E-state index contributed by atoms with van der Waals surface area (Å²) in [7, 11) is -3.18. The fourth-order valence-corrected chi connectivity index (χ4v) is 2.55. The predicted molar refractivity (Wildman–Crippen MR) is 60.9 cm³/mol. The summed E-state index contributed by atoms with van der Waals surface area (Å²) in [6.07, 6.45) is 2.22. The van der Waals surface area contributed by atoms with Crippen molar-refractivity contribution >= 4 is 9.84 Å². The normalized spacial score (nSPS) is 18.1. The molecule has 0 fully saturated rings. The lowest BCUT2D eigenvalue weighted by Crippen LogP contribution is -2.22. The van der Waals surface area contributed by atoms with Crippen LogP contribution in [0.25, 0.3) is 0 Å². The highest BCUT2D eigenvalue weighted by molar-refractivity contribution is 7.90. The molecule has 2 heterocycles. The van der Waals surface area contributed by atoms with E-state index in [1.807, 2.05) is 4.68 Å². The van der Waals surface area contributed by atoms with Crippen molar-refractivity contribution in [3.63, 3.8) is 0 Å². The summed E-state index contributed by atoms with van der Waals surface area (Å²) in [6, 6.07) is 1.70. The van der Waals surface area contributed by atoms with Crippen LogP contribution in [0.3, 0.4) is 0 Å². The predicted octanol–water partition coefficient (Wildman–Crippen LogP) is 0.512. The van der Waals surface area contributed by atoms with E-state index < -0.39 is 9.84 Å². The number of rotatable bonds is 2. The monoisotopic (exact) mass is 243 g/mol. The van der Waals surface area contributed by atoms with Crippen LogP contribution in [0.4, 0.5) is 0 Å². The van der Waals surface area contributed by atoms with Gasteiger partial charge in [0.05, 0.1) is 5.69 Å². The average Bonchev–Trinajstić information content (AvgIpc) is 2.51. The highest BCUT2D eigenvalue weighted by atomic mass is 32.2. The van der Waals surface area contributed by atoms with Crippen LogP contribution in [0, 0.1) is 0 Å². The zero-order valence-electron chi connectivity index (χ0n) is 9.68. The lowest BCUT2D eigenvalue weighted by atomic mass is 10.3. The SMILES string of the molecule is CCN1CCCn2nc(S(C)(=O)=O)cc2C1. The van der Waals surface area contributed by atoms with E-state index in [4.69, 9.17) is 0 Å². The minimum Gasteiger partial charge on any atom is -0.298 e. The Morgan fingerprint density at radius 1 is 1.44 bits per heavy atom. The van der Waals surface area contributed by atoms with E-state index in [0.29, 0.717) is 0 Å². The van der Waals surface area contributed by atoms with Crippen LogP contribution in [-0.2, 0) is 22.9 Å². The van der Waals surface area contributed by atoms with Gasteiger partial charge < -0.3 is 0 Å². The molecule has 16 heavy (non-hydrogen) atoms. The molecule has 0 bridgehead atoms. The Labute approximate surface area is 96.0 Å². The standard InChI is InChI=1S/C10H17N3O2S/c1-3-12-5-4-6-13-9(8-12)7-10(11-13)16(2,14)15/h7H,3-6,8H2,1-2H3. The number of aromatic nitrogens is 2. The van der Waals surface area contributed by atoms with Gasteiger partial charge in [-0.1, -0.05) is 6.92 Å². The van der Waals surface area contributed by atoms with Crippen LogP contribution in [0.15, 0.2) is 11.1 Å². The Kier molecular flexibility index (Phi) is 3.03. The molecule has 0 radical (unpaired) electrons. The van der Waals surface area contributed by atoms with Crippen LogP contribution in [-0.4, -0.2) is 42.4 Å². The lowest BCUT2D eigenvalue weighted by molar-refractivity contribution is 0.284. The first kappa shape index (κ1) is 11.6. The number of nitrogens with zero attached hydrogens (tertiary/aromatic N) is 3. The van der Waals surface area contributed by atoms with E-state index >= 15 is 0 Å². The molecule has 1 aliphatic heterocycles. The summed E-state index contributed by atoms with van der Waals surface area (Å²) in [5, 5.41) is 4.35. The molecule has 0 saturated carbocycles. The van der Waals surface area contributed by atoms with Gasteiger partial charge in [0.1, 0.15) is 0 Å². The molecule has 0 spiro atoms. The molecule has 90 valence electrons. The van der Waals surface area contributed by atoms with Crippen molar-refractivity contribution in [1.82, 2.24) is 14.7 Å². The Balaban J connectivity index is 2.34. The minimum atomic E-state index is -3.18. The molecular weight excluding hydrogens is 226 g/mol. The fourth-order valence-electron chi connectivity index (χ4n) is 1.95. The Morgan fingerprint density at radius 2 is 2.19 bits per heavy atom. The van der Waals surface area contributed by atoms with Crippen molar-refractivity contribution in [2.75, 3.05) is 19.3 Å². The molecule has 0 N–H and O–H groups in total. The second kappa shape index (κ2) is 4.18. The van der Waals surface area contributed by atoms with Gasteiger partial charge in [-0.25, -0.2) is 8.42 Å². The maximum absolute atomic E-state index is 11.4. The maximum atomic E-state index is 11.4. The molecule has 2 rings (SSSR count). The summed E-state index contributed by atoms with van der Waals surface area (Å²) in [6.45, 7) is 5.75. The molecule has 0 saturated heterocycles. The van der Waals surface area contributed by atoms with Gasteiger partial charge in [0.25, 0.3) is 0 Å². The topological polar surface area (TPSA) is 55.2 Å². The molecule has 0 aromatic carbocycles. The molecule has 0 amide bonds. The molecule has 1 aromatic rings. The Morgan fingerprint density at radius 3 is 2.81 bits per heavy atom. The summed E-state index contributed by atoms with van der Waals surface area (Å²) in [5.74, 6) is 0. The second-order valence-corrected chi connectivity index (χ2v) is 6.15. The minimum absolute atomic E-state index is 0.195. The van der Waals surface area contributed by atoms with Crippen LogP contribution in [0.5, 0.6) is 0 Å². The molecule has 5 nitrogen and oxygen atoms in total. The van der Waals surface area contributed by atoms with E-state index in [-0.39, 0.29) is 5.03 Å². The van der Waals surface area contributed by atoms with E-state index in [2.05, 4.69) is 16.9 Å². The zero-order chi connectivity index (χ0) is 11.8. The van der Waals surface area contributed by atoms with E-state index in [1.54, 1.807) is 6.07 Å². The van der Waals surface area contributed by atoms with Gasteiger partial charge in [-0.3, -0.25) is 9.58 Å². The van der Waals surface area contributed by atoms with Crippen LogP contribution >= 0.6 is 0 Å². The summed E-state index contributed by atoms with van der Waals surface area (Å²) >= 11 is 0. The highest BCUT2D eigenvalue weighted by Gasteiger charge is 2.19. The van der Waals surface area contributed by atoms with E-state index in [0.717, 1.165) is 38.3 Å². The van der Waals surface area contributed by atoms with E-state index in [9.17, 15) is 8.42 Å². The Hall–Kier alpha value is -0.880. The first-order valence-electron chi connectivity index (χ1n) is 5.50. The first-order valence-corrected chi connectivity index (χ1v) is 7.39. The number of aryl methyl sites for hydroxylation is 1. The quantitative estimate of drug-likeness (QED) is 0.759. The molecular formula is C10H17N3O2S. The van der Waals surface area contributed by atoms with Crippen molar-refractivity contribution in [2.45, 2.75) is 31.5 Å². The Bertz CT molecular complexity index is 478. The third kappa shape index (κ3) is 2.27. The first-order chi connectivity index (χ1) is 7.50. The van der Waals surface area contributed by atoms with Gasteiger partial charge in [0.15, 0.2) is 14.9 Å². The molecule has 0 unspecified atom stereocenters. The van der Waals surface area contributed by atoms with Gasteiger partial charge in [0, 0.05) is 25.9 Å². The van der Waals surface area contributed by atoms with Gasteiger partial charge in [-0.15, -0.1) is 0 Å². The van der Waals surface area contributed by atoms with Crippen molar-refractivity contribution in [2.24, 2.45) is 0 Å². The van der Waals surface area contributed by atoms with Crippen molar-refractivity contribution in [3.8, 4) is 0 Å². The van der Waals surface area contributed by atoms with Gasteiger partial charge in [-0.05, 0) is 19.0 Å². The number of hydrogen-bond donors (Lipinski definition) is 0. The maximum Gasteiger partial charge on any atom is 0.194 e. The van der Waals surface area contributed by atoms with Gasteiger partial charge >= 0.3 is 0 Å². The summed E-state index contributed by atoms with van der Waals surface area (Å²) < 4.78 is 24.6. The number of sulfone groups is 1. The largest absolute Gasteiger partial charge is 0.298 e. The third-order valence-electron chi connectivity index (χ3n) is 2.90. The fraction of sp³-hybridized carbons (Fsp3) is 0.700. The van der Waals surface area contributed by atoms with Crippen molar-refractivity contribution in [1.29, 1.82) is 0 Å². The smallest absolute Gasteiger partial charge is 0.194 e. The highest BCUT2D eigenvalue weighted by Crippen LogP contribution is 2.16. The summed E-state index contributed by atoms with van der Waals surface area (Å²) in [4.78, 5) is 2.30. The van der Waals surface area contributed by atoms with Gasteiger partial charge in [-0.2, -0.15) is 5.10 Å². The molecule has 1 aromatic heterocycles. The molecule has 6 heteroatoms. The molecule has 1 aliphatic rings. The number of hydrogen-bond acceptors (Lipinski definition) is 4. The van der Waals surface area contributed by atoms with Crippen LogP contribution in [0.2, 0.25) is 0 Å². The molecule has 0 atom stereocenters. The zero-order valence-corrected chi connectivity index (χ0v) is 10.5. The molecule has 0 aliphatic carbocycles. The third-order valence-corrected chi connectivity index (χ3v) is 3.86. The number of fused-ring (bicyclic) bond motifs is 1. The second-order valence-electron chi connectivity index (χ2n) is 4.19. The van der Waals surface area contributed by atoms with E-state index in [1.165, 1.54) is 6.26 Å². The van der Waals surface area contributed by atoms with Crippen molar-refractivity contribution < 1.29 is 8.42 Å². The van der Waals surface area contributed by atoms with Crippen LogP contribution in [0.1, 0.15) is 19.0 Å². The average molecular weight is 243 g/mol.